The Morgan fingerprint density at radius 1 is 1.64 bits per heavy atom. The smallest absolute Gasteiger partial charge is 0.169 e. The minimum absolute atomic E-state index is 0.104. The van der Waals surface area contributed by atoms with Crippen LogP contribution in [0.5, 0.6) is 0 Å². The van der Waals surface area contributed by atoms with Crippen molar-refractivity contribution in [3.63, 3.8) is 0 Å². The Labute approximate surface area is 87.4 Å². The molecule has 1 rings (SSSR count). The van der Waals surface area contributed by atoms with Gasteiger partial charge in [0.05, 0.1) is 11.5 Å². The molecular formula is C10H13NO2S. The second-order valence-electron chi connectivity index (χ2n) is 2.64. The number of hydrogen-bond acceptors (Lipinski definition) is 4. The third-order valence-corrected chi connectivity index (χ3v) is 2.67. The van der Waals surface area contributed by atoms with Gasteiger partial charge in [-0.25, -0.2) is 0 Å². The maximum Gasteiger partial charge on any atom is 0.169 e. The summed E-state index contributed by atoms with van der Waals surface area (Å²) in [5.74, 6) is 0.104. The fraction of sp³-hybridized carbons (Fsp3) is 0.300. The molecule has 0 saturated carbocycles. The highest BCUT2D eigenvalue weighted by Crippen LogP contribution is 2.17. The number of rotatable bonds is 5. The molecule has 0 aliphatic heterocycles. The van der Waals surface area contributed by atoms with Gasteiger partial charge >= 0.3 is 0 Å². The topological polar surface area (TPSA) is 38.3 Å². The number of carbonyl (C=O) groups excluding carboxylic acids is 1. The van der Waals surface area contributed by atoms with Crippen molar-refractivity contribution < 1.29 is 9.63 Å². The second kappa shape index (κ2) is 5.57. The van der Waals surface area contributed by atoms with Crippen molar-refractivity contribution in [2.75, 3.05) is 6.61 Å². The molecule has 0 aliphatic carbocycles. The van der Waals surface area contributed by atoms with Gasteiger partial charge in [-0.15, -0.1) is 11.3 Å². The lowest BCUT2D eigenvalue weighted by molar-refractivity contribution is 0.0831. The molecule has 14 heavy (non-hydrogen) atoms. The maximum absolute atomic E-state index is 11.0. The number of thiophene rings is 1. The largest absolute Gasteiger partial charge is 0.294 e. The van der Waals surface area contributed by atoms with Gasteiger partial charge in [0.25, 0.3) is 0 Å². The Kier molecular flexibility index (Phi) is 4.35. The minimum atomic E-state index is 0.104. The molecule has 0 unspecified atom stereocenters. The van der Waals surface area contributed by atoms with Crippen LogP contribution in [0.3, 0.4) is 0 Å². The van der Waals surface area contributed by atoms with Gasteiger partial charge in [-0.1, -0.05) is 0 Å². The van der Waals surface area contributed by atoms with Gasteiger partial charge in [0.2, 0.25) is 0 Å². The number of ketones is 1. The fourth-order valence-corrected chi connectivity index (χ4v) is 1.69. The lowest BCUT2D eigenvalue weighted by atomic mass is 10.3. The Balaban J connectivity index is 2.51. The predicted molar refractivity (Wildman–Crippen MR) is 58.1 cm³/mol. The van der Waals surface area contributed by atoms with E-state index in [2.05, 4.69) is 5.48 Å². The molecule has 0 aromatic carbocycles. The Bertz CT molecular complexity index is 331. The van der Waals surface area contributed by atoms with Gasteiger partial charge < -0.3 is 0 Å². The van der Waals surface area contributed by atoms with E-state index in [1.165, 1.54) is 11.3 Å². The standard InChI is InChI=1S/C10H13NO2S/c1-3-13-11-7-6-9-4-5-10(14-9)8(2)12/h4-7,11H,3H2,1-2H3. The Hall–Kier alpha value is -1.13. The highest BCUT2D eigenvalue weighted by atomic mass is 32.1. The summed E-state index contributed by atoms with van der Waals surface area (Å²) in [6.07, 6.45) is 3.58. The van der Waals surface area contributed by atoms with Crippen LogP contribution >= 0.6 is 11.3 Å². The average molecular weight is 211 g/mol. The van der Waals surface area contributed by atoms with Gasteiger partial charge in [-0.05, 0) is 32.1 Å². The lowest BCUT2D eigenvalue weighted by Crippen LogP contribution is -2.04. The van der Waals surface area contributed by atoms with Crippen LogP contribution in [-0.4, -0.2) is 12.4 Å². The molecule has 0 aliphatic rings. The zero-order chi connectivity index (χ0) is 10.4. The van der Waals surface area contributed by atoms with Crippen LogP contribution < -0.4 is 5.48 Å². The summed E-state index contributed by atoms with van der Waals surface area (Å²) in [7, 11) is 0. The van der Waals surface area contributed by atoms with E-state index in [4.69, 9.17) is 4.84 Å². The summed E-state index contributed by atoms with van der Waals surface area (Å²) in [6, 6.07) is 3.73. The first-order valence-corrected chi connectivity index (χ1v) is 5.20. The molecule has 1 aromatic rings. The fourth-order valence-electron chi connectivity index (χ4n) is 0.879. The van der Waals surface area contributed by atoms with E-state index < -0.39 is 0 Å². The SMILES string of the molecule is CCONC=Cc1ccc(C(C)=O)s1. The molecule has 0 fully saturated rings. The normalized spacial score (nSPS) is 10.7. The van der Waals surface area contributed by atoms with Crippen molar-refractivity contribution in [2.24, 2.45) is 0 Å². The van der Waals surface area contributed by atoms with Gasteiger partial charge in [-0.2, -0.15) is 0 Å². The molecule has 1 heterocycles. The van der Waals surface area contributed by atoms with Crippen LogP contribution in [0, 0.1) is 0 Å². The van der Waals surface area contributed by atoms with Gasteiger partial charge in [0, 0.05) is 11.1 Å². The van der Waals surface area contributed by atoms with Crippen molar-refractivity contribution >= 4 is 23.2 Å². The molecule has 0 bridgehead atoms. The minimum Gasteiger partial charge on any atom is -0.294 e. The number of hydroxylamine groups is 1. The summed E-state index contributed by atoms with van der Waals surface area (Å²) < 4.78 is 0. The first-order chi connectivity index (χ1) is 6.74. The molecule has 1 N–H and O–H groups in total. The van der Waals surface area contributed by atoms with E-state index in [1.54, 1.807) is 13.1 Å². The highest BCUT2D eigenvalue weighted by molar-refractivity contribution is 7.14. The molecule has 4 heteroatoms. The predicted octanol–water partition coefficient (Wildman–Crippen LogP) is 2.46. The van der Waals surface area contributed by atoms with E-state index in [-0.39, 0.29) is 5.78 Å². The zero-order valence-corrected chi connectivity index (χ0v) is 9.06. The number of carbonyl (C=O) groups is 1. The summed E-state index contributed by atoms with van der Waals surface area (Å²) >= 11 is 1.47. The van der Waals surface area contributed by atoms with Crippen molar-refractivity contribution in [1.82, 2.24) is 5.48 Å². The van der Waals surface area contributed by atoms with E-state index in [9.17, 15) is 4.79 Å². The monoisotopic (exact) mass is 211 g/mol. The zero-order valence-electron chi connectivity index (χ0n) is 8.24. The van der Waals surface area contributed by atoms with Gasteiger partial charge in [-0.3, -0.25) is 15.1 Å². The van der Waals surface area contributed by atoms with Crippen LogP contribution in [0.25, 0.3) is 6.08 Å². The molecule has 1 aromatic heterocycles. The molecular weight excluding hydrogens is 198 g/mol. The third-order valence-electron chi connectivity index (χ3n) is 1.52. The van der Waals surface area contributed by atoms with Gasteiger partial charge in [0.15, 0.2) is 5.78 Å². The van der Waals surface area contributed by atoms with Crippen LogP contribution in [0.15, 0.2) is 18.3 Å². The van der Waals surface area contributed by atoms with Crippen LogP contribution in [0.1, 0.15) is 28.4 Å². The number of nitrogens with one attached hydrogen (secondary N) is 1. The first-order valence-electron chi connectivity index (χ1n) is 4.38. The molecule has 0 saturated heterocycles. The summed E-state index contributed by atoms with van der Waals surface area (Å²) in [5, 5.41) is 0. The quantitative estimate of drug-likeness (QED) is 0.462. The molecule has 0 radical (unpaired) electrons. The number of Topliss-reactive ketones (excluding diaryl/α,β-unsaturated/α-hetero) is 1. The van der Waals surface area contributed by atoms with Gasteiger partial charge in [0.1, 0.15) is 0 Å². The van der Waals surface area contributed by atoms with Crippen molar-refractivity contribution in [2.45, 2.75) is 13.8 Å². The van der Waals surface area contributed by atoms with Crippen molar-refractivity contribution in [3.8, 4) is 0 Å². The van der Waals surface area contributed by atoms with Crippen LogP contribution in [0.2, 0.25) is 0 Å². The number of hydrogen-bond donors (Lipinski definition) is 1. The summed E-state index contributed by atoms with van der Waals surface area (Å²) in [4.78, 5) is 17.7. The van der Waals surface area contributed by atoms with Crippen molar-refractivity contribution in [1.29, 1.82) is 0 Å². The van der Waals surface area contributed by atoms with Crippen molar-refractivity contribution in [3.05, 3.63) is 28.1 Å². The van der Waals surface area contributed by atoms with E-state index in [0.29, 0.717) is 6.61 Å². The van der Waals surface area contributed by atoms with Crippen LogP contribution in [0.4, 0.5) is 0 Å². The second-order valence-corrected chi connectivity index (χ2v) is 3.76. The highest BCUT2D eigenvalue weighted by Gasteiger charge is 2.01. The van der Waals surface area contributed by atoms with E-state index >= 15 is 0 Å². The maximum atomic E-state index is 11.0. The Morgan fingerprint density at radius 2 is 2.43 bits per heavy atom. The first kappa shape index (κ1) is 10.9. The third kappa shape index (κ3) is 3.32. The molecule has 0 atom stereocenters. The van der Waals surface area contributed by atoms with Crippen LogP contribution in [-0.2, 0) is 4.84 Å². The average Bonchev–Trinajstić information content (AvgIpc) is 2.61. The molecule has 3 nitrogen and oxygen atoms in total. The molecule has 76 valence electrons. The summed E-state index contributed by atoms with van der Waals surface area (Å²) in [5.41, 5.74) is 2.66. The molecule has 0 spiro atoms. The molecule has 0 amide bonds. The Morgan fingerprint density at radius 3 is 3.00 bits per heavy atom. The van der Waals surface area contributed by atoms with E-state index in [0.717, 1.165) is 9.75 Å². The summed E-state index contributed by atoms with van der Waals surface area (Å²) in [6.45, 7) is 4.09. The van der Waals surface area contributed by atoms with E-state index in [1.807, 2.05) is 25.1 Å². The lowest BCUT2D eigenvalue weighted by Gasteiger charge is -1.95.